The van der Waals surface area contributed by atoms with E-state index in [0.717, 1.165) is 10.6 Å². The molecule has 0 saturated carbocycles. The number of carbonyl (C=O) groups excluding carboxylic acids is 2. The van der Waals surface area contributed by atoms with E-state index in [2.05, 4.69) is 15.7 Å². The van der Waals surface area contributed by atoms with Crippen LogP contribution in [-0.2, 0) is 16.6 Å². The molecule has 140 valence electrons. The average molecular weight is 378 g/mol. The third-order valence-corrected chi connectivity index (χ3v) is 4.91. The Labute approximate surface area is 155 Å². The fourth-order valence-electron chi connectivity index (χ4n) is 2.44. The van der Waals surface area contributed by atoms with Gasteiger partial charge in [-0.2, -0.15) is 5.10 Å². The molecule has 26 heavy (non-hydrogen) atoms. The second-order valence-corrected chi connectivity index (χ2v) is 6.89. The highest BCUT2D eigenvalue weighted by Crippen LogP contribution is 2.27. The molecule has 0 aliphatic carbocycles. The predicted molar refractivity (Wildman–Crippen MR) is 97.2 cm³/mol. The Hall–Kier alpha value is -2.68. The molecule has 0 spiro atoms. The van der Waals surface area contributed by atoms with Crippen LogP contribution in [-0.4, -0.2) is 45.8 Å². The maximum Gasteiger partial charge on any atom is 0.304 e. The van der Waals surface area contributed by atoms with Gasteiger partial charge < -0.3 is 15.7 Å². The topological polar surface area (TPSA) is 113 Å². The fourth-order valence-corrected chi connectivity index (χ4v) is 3.27. The molecule has 0 radical (unpaired) electrons. The van der Waals surface area contributed by atoms with Crippen LogP contribution in [0, 0.1) is 6.92 Å². The molecule has 0 aliphatic heterocycles. The zero-order valence-corrected chi connectivity index (χ0v) is 15.5. The van der Waals surface area contributed by atoms with Gasteiger partial charge in [0.05, 0.1) is 6.42 Å². The summed E-state index contributed by atoms with van der Waals surface area (Å²) in [6.45, 7) is 2.38. The average Bonchev–Trinajstić information content (AvgIpc) is 3.21. The zero-order valence-electron chi connectivity index (χ0n) is 14.7. The molecule has 9 heteroatoms. The second kappa shape index (κ2) is 9.14. The Morgan fingerprint density at radius 1 is 1.27 bits per heavy atom. The predicted octanol–water partition coefficient (Wildman–Crippen LogP) is 1.28. The lowest BCUT2D eigenvalue weighted by molar-refractivity contribution is -0.137. The van der Waals surface area contributed by atoms with Gasteiger partial charge in [0.15, 0.2) is 0 Å². The van der Waals surface area contributed by atoms with Crippen molar-refractivity contribution >= 4 is 29.1 Å². The molecular weight excluding hydrogens is 356 g/mol. The van der Waals surface area contributed by atoms with Crippen molar-refractivity contribution in [2.45, 2.75) is 25.7 Å². The molecule has 2 amide bonds. The Morgan fingerprint density at radius 2 is 2.00 bits per heavy atom. The number of aryl methyl sites for hydroxylation is 2. The van der Waals surface area contributed by atoms with E-state index in [-0.39, 0.29) is 43.7 Å². The summed E-state index contributed by atoms with van der Waals surface area (Å²) in [6.07, 6.45) is 0.00386. The van der Waals surface area contributed by atoms with E-state index in [1.807, 2.05) is 24.4 Å². The van der Waals surface area contributed by atoms with Crippen molar-refractivity contribution in [3.8, 4) is 0 Å². The minimum atomic E-state index is -0.936. The van der Waals surface area contributed by atoms with E-state index in [0.29, 0.717) is 5.69 Å². The van der Waals surface area contributed by atoms with Crippen molar-refractivity contribution < 1.29 is 19.5 Å². The first-order chi connectivity index (χ1) is 12.4. The summed E-state index contributed by atoms with van der Waals surface area (Å²) in [7, 11) is 1.76. The number of carboxylic acids is 1. The largest absolute Gasteiger partial charge is 0.481 e. The Kier molecular flexibility index (Phi) is 6.90. The SMILES string of the molecule is Cc1cc(C(=O)NCCNC(=O)CC(CC(=O)O)c2cccs2)nn1C. The van der Waals surface area contributed by atoms with Crippen molar-refractivity contribution in [2.75, 3.05) is 13.1 Å². The molecule has 0 saturated heterocycles. The summed E-state index contributed by atoms with van der Waals surface area (Å²) in [6, 6.07) is 5.35. The molecule has 0 aromatic carbocycles. The van der Waals surface area contributed by atoms with Crippen molar-refractivity contribution in [1.29, 1.82) is 0 Å². The summed E-state index contributed by atoms with van der Waals surface area (Å²) in [5, 5.41) is 20.3. The molecule has 2 aromatic rings. The van der Waals surface area contributed by atoms with E-state index < -0.39 is 5.97 Å². The third-order valence-electron chi connectivity index (χ3n) is 3.88. The van der Waals surface area contributed by atoms with Crippen LogP contribution in [0.1, 0.15) is 39.8 Å². The van der Waals surface area contributed by atoms with Gasteiger partial charge in [-0.1, -0.05) is 6.07 Å². The Balaban J connectivity index is 1.75. The van der Waals surface area contributed by atoms with E-state index in [1.54, 1.807) is 17.8 Å². The lowest BCUT2D eigenvalue weighted by Gasteiger charge is -2.13. The first-order valence-electron chi connectivity index (χ1n) is 8.17. The van der Waals surface area contributed by atoms with Gasteiger partial charge in [-0.05, 0) is 24.4 Å². The van der Waals surface area contributed by atoms with Gasteiger partial charge in [0, 0.05) is 43.0 Å². The van der Waals surface area contributed by atoms with Crippen LogP contribution in [0.4, 0.5) is 0 Å². The van der Waals surface area contributed by atoms with Gasteiger partial charge in [-0.3, -0.25) is 19.1 Å². The van der Waals surface area contributed by atoms with Crippen LogP contribution >= 0.6 is 11.3 Å². The van der Waals surface area contributed by atoms with Gasteiger partial charge in [-0.15, -0.1) is 11.3 Å². The Morgan fingerprint density at radius 3 is 2.58 bits per heavy atom. The fraction of sp³-hybridized carbons (Fsp3) is 0.412. The summed E-state index contributed by atoms with van der Waals surface area (Å²) in [4.78, 5) is 35.9. The zero-order chi connectivity index (χ0) is 19.1. The van der Waals surface area contributed by atoms with Crippen LogP contribution in [0.3, 0.4) is 0 Å². The number of aliphatic carboxylic acids is 1. The molecule has 3 N–H and O–H groups in total. The van der Waals surface area contributed by atoms with Gasteiger partial charge in [0.2, 0.25) is 5.91 Å². The van der Waals surface area contributed by atoms with Gasteiger partial charge in [0.1, 0.15) is 5.69 Å². The van der Waals surface area contributed by atoms with Crippen LogP contribution in [0.5, 0.6) is 0 Å². The monoisotopic (exact) mass is 378 g/mol. The van der Waals surface area contributed by atoms with Crippen molar-refractivity contribution in [3.05, 3.63) is 39.8 Å². The van der Waals surface area contributed by atoms with Crippen LogP contribution in [0.15, 0.2) is 23.6 Å². The summed E-state index contributed by atoms with van der Waals surface area (Å²) in [5.41, 5.74) is 1.21. The first-order valence-corrected chi connectivity index (χ1v) is 9.05. The van der Waals surface area contributed by atoms with Gasteiger partial charge in [-0.25, -0.2) is 0 Å². The number of aromatic nitrogens is 2. The van der Waals surface area contributed by atoms with E-state index in [9.17, 15) is 14.4 Å². The van der Waals surface area contributed by atoms with Gasteiger partial charge >= 0.3 is 5.97 Å². The summed E-state index contributed by atoms with van der Waals surface area (Å²) < 4.78 is 1.61. The van der Waals surface area contributed by atoms with E-state index >= 15 is 0 Å². The van der Waals surface area contributed by atoms with Crippen molar-refractivity contribution in [3.63, 3.8) is 0 Å². The summed E-state index contributed by atoms with van der Waals surface area (Å²) >= 11 is 1.44. The van der Waals surface area contributed by atoms with Crippen LogP contribution in [0.2, 0.25) is 0 Å². The number of thiophene rings is 1. The molecule has 2 rings (SSSR count). The van der Waals surface area contributed by atoms with E-state index in [1.165, 1.54) is 11.3 Å². The molecule has 2 aromatic heterocycles. The van der Waals surface area contributed by atoms with E-state index in [4.69, 9.17) is 5.11 Å². The molecule has 1 unspecified atom stereocenters. The first kappa shape index (κ1) is 19.6. The second-order valence-electron chi connectivity index (χ2n) is 5.91. The molecule has 8 nitrogen and oxygen atoms in total. The number of nitrogens with one attached hydrogen (secondary N) is 2. The third kappa shape index (κ3) is 5.69. The summed E-state index contributed by atoms with van der Waals surface area (Å²) in [5.74, 6) is -1.83. The molecule has 1 atom stereocenters. The maximum absolute atomic E-state index is 12.1. The standard InChI is InChI=1S/C17H22N4O4S/c1-11-8-13(20-21(11)2)17(25)19-6-5-18-15(22)9-12(10-16(23)24)14-4-3-7-26-14/h3-4,7-8,12H,5-6,9-10H2,1-2H3,(H,18,22)(H,19,25)(H,23,24). The highest BCUT2D eigenvalue weighted by Gasteiger charge is 2.20. The molecule has 0 aliphatic rings. The number of nitrogens with zero attached hydrogens (tertiary/aromatic N) is 2. The van der Waals surface area contributed by atoms with Crippen molar-refractivity contribution in [1.82, 2.24) is 20.4 Å². The quantitative estimate of drug-likeness (QED) is 0.569. The van der Waals surface area contributed by atoms with Crippen molar-refractivity contribution in [2.24, 2.45) is 7.05 Å². The highest BCUT2D eigenvalue weighted by molar-refractivity contribution is 7.10. The molecule has 0 fully saturated rings. The lowest BCUT2D eigenvalue weighted by atomic mass is 9.99. The normalized spacial score (nSPS) is 11.8. The lowest BCUT2D eigenvalue weighted by Crippen LogP contribution is -2.35. The number of amides is 2. The molecular formula is C17H22N4O4S. The highest BCUT2D eigenvalue weighted by atomic mass is 32.1. The number of rotatable bonds is 9. The minimum Gasteiger partial charge on any atom is -0.481 e. The van der Waals surface area contributed by atoms with Crippen LogP contribution in [0.25, 0.3) is 0 Å². The smallest absolute Gasteiger partial charge is 0.304 e. The number of hydrogen-bond acceptors (Lipinski definition) is 5. The maximum atomic E-state index is 12.1. The molecule has 2 heterocycles. The number of carboxylic acid groups (broad SMARTS) is 1. The molecule has 0 bridgehead atoms. The Bertz CT molecular complexity index is 750. The van der Waals surface area contributed by atoms with Crippen LogP contribution < -0.4 is 10.6 Å². The minimum absolute atomic E-state index is 0.0936. The van der Waals surface area contributed by atoms with Gasteiger partial charge in [0.25, 0.3) is 5.91 Å². The number of carbonyl (C=O) groups is 3. The number of hydrogen-bond donors (Lipinski definition) is 3.